The Morgan fingerprint density at radius 1 is 1.35 bits per heavy atom. The normalized spacial score (nSPS) is 33.8. The maximum atomic E-state index is 10.5. The van der Waals surface area contributed by atoms with E-state index >= 15 is 0 Å². The largest absolute Gasteiger partial charge is 0.399 e. The first-order valence-corrected chi connectivity index (χ1v) is 9.63. The predicted octanol–water partition coefficient (Wildman–Crippen LogP) is 4.74. The highest BCUT2D eigenvalue weighted by molar-refractivity contribution is 8.00. The van der Waals surface area contributed by atoms with Gasteiger partial charge in [0, 0.05) is 16.4 Å². The lowest BCUT2D eigenvalue weighted by Crippen LogP contribution is -2.38. The minimum absolute atomic E-state index is 0.163. The molecule has 0 aromatic heterocycles. The highest BCUT2D eigenvalue weighted by atomic mass is 35.5. The topological polar surface area (TPSA) is 41.8 Å². The summed E-state index contributed by atoms with van der Waals surface area (Å²) >= 11 is 14.2. The third-order valence-corrected chi connectivity index (χ3v) is 7.30. The molecule has 0 radical (unpaired) electrons. The number of hydrogen-bond acceptors (Lipinski definition) is 4. The number of halogens is 2. The van der Waals surface area contributed by atoms with Crippen molar-refractivity contribution in [2.45, 2.75) is 48.7 Å². The Balaban J connectivity index is 2.01. The molecule has 2 aliphatic rings. The molecule has 2 aliphatic heterocycles. The van der Waals surface area contributed by atoms with Gasteiger partial charge in [0.25, 0.3) is 0 Å². The Kier molecular flexibility index (Phi) is 5.46. The number of rotatable bonds is 4. The van der Waals surface area contributed by atoms with Gasteiger partial charge in [0.05, 0.1) is 21.9 Å². The van der Waals surface area contributed by atoms with Crippen LogP contribution in [0.15, 0.2) is 23.4 Å². The second-order valence-corrected chi connectivity index (χ2v) is 8.48. The van der Waals surface area contributed by atoms with Gasteiger partial charge >= 0.3 is 0 Å². The van der Waals surface area contributed by atoms with Crippen LogP contribution >= 0.6 is 35.0 Å². The van der Waals surface area contributed by atoms with Crippen LogP contribution in [-0.2, 0) is 4.84 Å². The number of thioether (sulfide) groups is 1. The van der Waals surface area contributed by atoms with E-state index in [-0.39, 0.29) is 23.2 Å². The van der Waals surface area contributed by atoms with Crippen molar-refractivity contribution in [1.82, 2.24) is 0 Å². The third-order valence-electron chi connectivity index (χ3n) is 4.86. The summed E-state index contributed by atoms with van der Waals surface area (Å²) in [6.07, 6.45) is 2.40. The summed E-state index contributed by atoms with van der Waals surface area (Å²) in [6.45, 7) is 2.09. The molecule has 23 heavy (non-hydrogen) atoms. The molecule has 6 heteroatoms. The van der Waals surface area contributed by atoms with Gasteiger partial charge in [0.1, 0.15) is 7.11 Å². The Bertz CT molecular complexity index is 610. The molecule has 3 rings (SSSR count). The molecule has 3 nitrogen and oxygen atoms in total. The number of aliphatic hydroxyl groups excluding tert-OH is 1. The average Bonchev–Trinajstić information content (AvgIpc) is 2.83. The van der Waals surface area contributed by atoms with E-state index in [2.05, 4.69) is 12.1 Å². The number of aliphatic hydroxyl groups is 1. The van der Waals surface area contributed by atoms with Gasteiger partial charge in [-0.25, -0.2) is 0 Å². The first-order chi connectivity index (χ1) is 11.0. The molecule has 2 unspecified atom stereocenters. The van der Waals surface area contributed by atoms with Gasteiger partial charge in [-0.15, -0.1) is 0 Å². The second-order valence-electron chi connectivity index (χ2n) is 6.19. The van der Waals surface area contributed by atoms with Crippen molar-refractivity contribution < 1.29 is 9.94 Å². The Hall–Kier alpha value is -0.420. The second kappa shape index (κ2) is 7.22. The van der Waals surface area contributed by atoms with Crippen LogP contribution in [0.25, 0.3) is 0 Å². The molecule has 2 bridgehead atoms. The lowest BCUT2D eigenvalue weighted by Gasteiger charge is -2.37. The number of benzene rings is 1. The van der Waals surface area contributed by atoms with Crippen molar-refractivity contribution >= 4 is 40.7 Å². The summed E-state index contributed by atoms with van der Waals surface area (Å²) in [5, 5.41) is 16.6. The lowest BCUT2D eigenvalue weighted by atomic mass is 9.78. The van der Waals surface area contributed by atoms with Crippen molar-refractivity contribution in [3.8, 4) is 0 Å². The van der Waals surface area contributed by atoms with Crippen molar-refractivity contribution in [2.75, 3.05) is 7.11 Å². The van der Waals surface area contributed by atoms with E-state index in [1.165, 1.54) is 5.56 Å². The van der Waals surface area contributed by atoms with Crippen LogP contribution < -0.4 is 0 Å². The van der Waals surface area contributed by atoms with Gasteiger partial charge in [-0.2, -0.15) is 11.8 Å². The Morgan fingerprint density at radius 3 is 2.78 bits per heavy atom. The van der Waals surface area contributed by atoms with Crippen LogP contribution in [0.1, 0.15) is 37.7 Å². The quantitative estimate of drug-likeness (QED) is 0.611. The first kappa shape index (κ1) is 17.4. The molecule has 126 valence electrons. The third kappa shape index (κ3) is 3.37. The summed E-state index contributed by atoms with van der Waals surface area (Å²) in [7, 11) is 1.58. The monoisotopic (exact) mass is 373 g/mol. The predicted molar refractivity (Wildman–Crippen MR) is 97.8 cm³/mol. The molecule has 1 aromatic rings. The highest BCUT2D eigenvalue weighted by Crippen LogP contribution is 2.53. The fourth-order valence-corrected chi connectivity index (χ4v) is 6.08. The van der Waals surface area contributed by atoms with E-state index in [4.69, 9.17) is 28.0 Å². The summed E-state index contributed by atoms with van der Waals surface area (Å²) in [5.74, 6) is 0.447. The van der Waals surface area contributed by atoms with E-state index < -0.39 is 0 Å². The number of fused-ring (bicyclic) bond motifs is 2. The molecule has 0 aliphatic carbocycles. The number of oxime groups is 1. The summed E-state index contributed by atoms with van der Waals surface area (Å²) in [6, 6.07) is 5.87. The number of nitrogens with zero attached hydrogens (tertiary/aromatic N) is 1. The highest BCUT2D eigenvalue weighted by Gasteiger charge is 2.49. The summed E-state index contributed by atoms with van der Waals surface area (Å²) in [4.78, 5) is 5.07. The Morgan fingerprint density at radius 2 is 2.13 bits per heavy atom. The molecule has 5 atom stereocenters. The van der Waals surface area contributed by atoms with Crippen LogP contribution in [0.3, 0.4) is 0 Å². The lowest BCUT2D eigenvalue weighted by molar-refractivity contribution is 0.162. The zero-order valence-electron chi connectivity index (χ0n) is 13.2. The van der Waals surface area contributed by atoms with Crippen molar-refractivity contribution in [1.29, 1.82) is 0 Å². The van der Waals surface area contributed by atoms with E-state index in [9.17, 15) is 5.11 Å². The minimum Gasteiger partial charge on any atom is -0.399 e. The molecule has 0 spiro atoms. The molecule has 2 fully saturated rings. The van der Waals surface area contributed by atoms with E-state index in [0.717, 1.165) is 25.0 Å². The molecular weight excluding hydrogens is 353 g/mol. The first-order valence-electron chi connectivity index (χ1n) is 7.93. The fraction of sp³-hybridized carbons (Fsp3) is 0.588. The van der Waals surface area contributed by atoms with Gasteiger partial charge in [-0.3, -0.25) is 0 Å². The van der Waals surface area contributed by atoms with Crippen LogP contribution in [0.5, 0.6) is 0 Å². The van der Waals surface area contributed by atoms with Gasteiger partial charge in [-0.05, 0) is 42.9 Å². The Labute approximate surface area is 151 Å². The summed E-state index contributed by atoms with van der Waals surface area (Å²) in [5.41, 5.74) is 2.19. The zero-order valence-corrected chi connectivity index (χ0v) is 15.5. The molecule has 1 aromatic carbocycles. The van der Waals surface area contributed by atoms with Crippen molar-refractivity contribution in [3.05, 3.63) is 33.8 Å². The standard InChI is InChI=1S/C17H21Cl2NO2S/c1-3-14(20-22-2)16-11(7-10-8-15(21)17(16)23-10)9-4-5-12(18)13(19)6-9/h4-6,10-11,15-17,21H,3,7-8H2,1-2H3/t10?,11-,15?,16-,17+/m1/s1. The molecule has 2 saturated heterocycles. The van der Waals surface area contributed by atoms with Crippen LogP contribution in [-0.4, -0.2) is 34.5 Å². The number of hydrogen-bond donors (Lipinski definition) is 1. The zero-order chi connectivity index (χ0) is 16.6. The van der Waals surface area contributed by atoms with Gasteiger partial charge in [0.15, 0.2) is 0 Å². The van der Waals surface area contributed by atoms with Crippen LogP contribution in [0.4, 0.5) is 0 Å². The van der Waals surface area contributed by atoms with E-state index in [1.54, 1.807) is 7.11 Å². The maximum Gasteiger partial charge on any atom is 0.106 e. The maximum absolute atomic E-state index is 10.5. The van der Waals surface area contributed by atoms with Gasteiger partial charge in [-0.1, -0.05) is 41.3 Å². The van der Waals surface area contributed by atoms with E-state index in [1.807, 2.05) is 30.0 Å². The van der Waals surface area contributed by atoms with Crippen molar-refractivity contribution in [3.63, 3.8) is 0 Å². The molecule has 1 N–H and O–H groups in total. The van der Waals surface area contributed by atoms with Gasteiger partial charge in [0.2, 0.25) is 0 Å². The van der Waals surface area contributed by atoms with Crippen molar-refractivity contribution in [2.24, 2.45) is 11.1 Å². The van der Waals surface area contributed by atoms with Crippen LogP contribution in [0.2, 0.25) is 10.0 Å². The molecular formula is C17H21Cl2NO2S. The average molecular weight is 374 g/mol. The molecule has 2 heterocycles. The smallest absolute Gasteiger partial charge is 0.106 e. The summed E-state index contributed by atoms with van der Waals surface area (Å²) < 4.78 is 0. The molecule has 0 amide bonds. The van der Waals surface area contributed by atoms with E-state index in [0.29, 0.717) is 15.3 Å². The minimum atomic E-state index is -0.281. The van der Waals surface area contributed by atoms with Gasteiger partial charge < -0.3 is 9.94 Å². The fourth-order valence-electron chi connectivity index (χ4n) is 3.89. The SMILES string of the molecule is CCC(=NOC)[C@H]1[C@@H](c2ccc(Cl)c(Cl)c2)CC2CC(O)[C@@H]1S2. The molecule has 0 saturated carbocycles. The van der Waals surface area contributed by atoms with Crippen LogP contribution in [0, 0.1) is 5.92 Å².